The van der Waals surface area contributed by atoms with Crippen LogP contribution in [0.2, 0.25) is 0 Å². The average molecular weight is 281 g/mol. The predicted octanol–water partition coefficient (Wildman–Crippen LogP) is 2.44. The molecule has 19 heavy (non-hydrogen) atoms. The fourth-order valence-corrected chi connectivity index (χ4v) is 3.73. The minimum Gasteiger partial charge on any atom is -0.344 e. The summed E-state index contributed by atoms with van der Waals surface area (Å²) < 4.78 is 0. The van der Waals surface area contributed by atoms with E-state index in [1.54, 1.807) is 11.3 Å². The second kappa shape index (κ2) is 6.48. The Labute approximate surface area is 119 Å². The highest BCUT2D eigenvalue weighted by Crippen LogP contribution is 2.29. The Morgan fingerprint density at radius 3 is 2.79 bits per heavy atom. The molecule has 1 fully saturated rings. The van der Waals surface area contributed by atoms with Crippen molar-refractivity contribution in [2.45, 2.75) is 39.2 Å². The monoisotopic (exact) mass is 281 g/mol. The van der Waals surface area contributed by atoms with E-state index >= 15 is 0 Å². The number of carbonyl (C=O) groups excluding carboxylic acids is 1. The maximum absolute atomic E-state index is 11.1. The minimum absolute atomic E-state index is 0.503. The largest absolute Gasteiger partial charge is 0.344 e. The van der Waals surface area contributed by atoms with E-state index in [9.17, 15) is 4.79 Å². The number of rotatable bonds is 4. The lowest BCUT2D eigenvalue weighted by molar-refractivity contribution is 0.112. The van der Waals surface area contributed by atoms with Crippen molar-refractivity contribution in [2.75, 3.05) is 31.6 Å². The molecule has 0 spiro atoms. The van der Waals surface area contributed by atoms with E-state index in [1.807, 2.05) is 0 Å². The van der Waals surface area contributed by atoms with E-state index in [0.29, 0.717) is 6.04 Å². The van der Waals surface area contributed by atoms with Crippen LogP contribution in [0.4, 0.5) is 5.13 Å². The SMILES string of the molecule is CCc1nc(N2CCCN(C)CC2CC)sc1C=O. The fourth-order valence-electron chi connectivity index (χ4n) is 2.66. The third-order valence-corrected chi connectivity index (χ3v) is 4.84. The summed E-state index contributed by atoms with van der Waals surface area (Å²) in [5, 5.41) is 1.03. The van der Waals surface area contributed by atoms with Gasteiger partial charge in [0, 0.05) is 19.1 Å². The average Bonchev–Trinajstić information content (AvgIpc) is 2.75. The quantitative estimate of drug-likeness (QED) is 0.794. The topological polar surface area (TPSA) is 36.4 Å². The molecule has 0 amide bonds. The highest BCUT2D eigenvalue weighted by atomic mass is 32.1. The lowest BCUT2D eigenvalue weighted by Crippen LogP contribution is -2.39. The fraction of sp³-hybridized carbons (Fsp3) is 0.714. The van der Waals surface area contributed by atoms with Crippen molar-refractivity contribution in [1.82, 2.24) is 9.88 Å². The van der Waals surface area contributed by atoms with E-state index in [2.05, 4.69) is 35.7 Å². The molecule has 0 N–H and O–H groups in total. The molecule has 2 heterocycles. The maximum Gasteiger partial charge on any atom is 0.186 e. The molecule has 1 saturated heterocycles. The third-order valence-electron chi connectivity index (χ3n) is 3.78. The van der Waals surface area contributed by atoms with E-state index in [0.717, 1.165) is 60.9 Å². The molecule has 1 aliphatic rings. The van der Waals surface area contributed by atoms with Crippen molar-refractivity contribution in [3.8, 4) is 0 Å². The van der Waals surface area contributed by atoms with Gasteiger partial charge in [0.1, 0.15) is 0 Å². The lowest BCUT2D eigenvalue weighted by Gasteiger charge is -2.29. The number of aldehydes is 1. The summed E-state index contributed by atoms with van der Waals surface area (Å²) in [5.41, 5.74) is 0.947. The maximum atomic E-state index is 11.1. The van der Waals surface area contributed by atoms with E-state index in [-0.39, 0.29) is 0 Å². The number of thiazole rings is 1. The molecule has 5 heteroatoms. The molecule has 1 unspecified atom stereocenters. The lowest BCUT2D eigenvalue weighted by atomic mass is 10.2. The van der Waals surface area contributed by atoms with Gasteiger partial charge in [-0.25, -0.2) is 4.98 Å². The molecule has 1 aromatic rings. The summed E-state index contributed by atoms with van der Waals surface area (Å²) in [6, 6.07) is 0.503. The van der Waals surface area contributed by atoms with Gasteiger partial charge in [-0.05, 0) is 32.9 Å². The third kappa shape index (κ3) is 3.15. The Hall–Kier alpha value is -0.940. The highest BCUT2D eigenvalue weighted by Gasteiger charge is 2.25. The van der Waals surface area contributed by atoms with Crippen LogP contribution < -0.4 is 4.90 Å². The number of aromatic nitrogens is 1. The highest BCUT2D eigenvalue weighted by molar-refractivity contribution is 7.17. The molecule has 1 atom stereocenters. The first kappa shape index (κ1) is 14.5. The van der Waals surface area contributed by atoms with Crippen molar-refractivity contribution in [3.63, 3.8) is 0 Å². The Bertz CT molecular complexity index is 432. The summed E-state index contributed by atoms with van der Waals surface area (Å²) in [7, 11) is 2.18. The Balaban J connectivity index is 2.27. The molecule has 0 saturated carbocycles. The van der Waals surface area contributed by atoms with E-state index < -0.39 is 0 Å². The van der Waals surface area contributed by atoms with Gasteiger partial charge in [0.05, 0.1) is 10.6 Å². The minimum atomic E-state index is 0.503. The van der Waals surface area contributed by atoms with Gasteiger partial charge in [-0.3, -0.25) is 4.79 Å². The first-order valence-corrected chi connectivity index (χ1v) is 7.91. The first-order valence-electron chi connectivity index (χ1n) is 7.09. The second-order valence-electron chi connectivity index (χ2n) is 5.15. The van der Waals surface area contributed by atoms with Crippen LogP contribution in [0.25, 0.3) is 0 Å². The molecule has 0 radical (unpaired) electrons. The zero-order valence-electron chi connectivity index (χ0n) is 12.1. The van der Waals surface area contributed by atoms with Gasteiger partial charge in [-0.2, -0.15) is 0 Å². The van der Waals surface area contributed by atoms with Gasteiger partial charge in [0.25, 0.3) is 0 Å². The molecule has 1 aliphatic heterocycles. The summed E-state index contributed by atoms with van der Waals surface area (Å²) in [6.07, 6.45) is 4.05. The van der Waals surface area contributed by atoms with Crippen molar-refractivity contribution in [1.29, 1.82) is 0 Å². The second-order valence-corrected chi connectivity index (χ2v) is 6.16. The van der Waals surface area contributed by atoms with Gasteiger partial charge < -0.3 is 9.80 Å². The van der Waals surface area contributed by atoms with Crippen LogP contribution in [-0.4, -0.2) is 48.9 Å². The number of nitrogens with zero attached hydrogens (tertiary/aromatic N) is 3. The molecule has 1 aromatic heterocycles. The molecule has 2 rings (SSSR count). The van der Waals surface area contributed by atoms with Gasteiger partial charge in [0.2, 0.25) is 0 Å². The molecule has 0 aliphatic carbocycles. The van der Waals surface area contributed by atoms with E-state index in [4.69, 9.17) is 0 Å². The van der Waals surface area contributed by atoms with E-state index in [1.165, 1.54) is 0 Å². The predicted molar refractivity (Wildman–Crippen MR) is 80.4 cm³/mol. The number of likely N-dealkylation sites (N-methyl/N-ethyl adjacent to an activating group) is 1. The smallest absolute Gasteiger partial charge is 0.186 e. The van der Waals surface area contributed by atoms with Crippen molar-refractivity contribution < 1.29 is 4.79 Å². The van der Waals surface area contributed by atoms with Gasteiger partial charge >= 0.3 is 0 Å². The first-order chi connectivity index (χ1) is 9.19. The number of aryl methyl sites for hydroxylation is 1. The number of anilines is 1. The molecule has 4 nitrogen and oxygen atoms in total. The standard InChI is InChI=1S/C14H23N3OS/c1-4-11-9-16(3)7-6-8-17(11)14-15-12(5-2)13(10-18)19-14/h10-11H,4-9H2,1-3H3. The van der Waals surface area contributed by atoms with Gasteiger partial charge in [-0.1, -0.05) is 25.2 Å². The zero-order chi connectivity index (χ0) is 13.8. The number of hydrogen-bond donors (Lipinski definition) is 0. The normalized spacial score (nSPS) is 21.4. The van der Waals surface area contributed by atoms with Gasteiger partial charge in [0.15, 0.2) is 11.4 Å². The number of carbonyl (C=O) groups is 1. The molecular weight excluding hydrogens is 258 g/mol. The Kier molecular flexibility index (Phi) is 4.93. The summed E-state index contributed by atoms with van der Waals surface area (Å²) in [4.78, 5) is 21.4. The van der Waals surface area contributed by atoms with Crippen LogP contribution in [-0.2, 0) is 6.42 Å². The van der Waals surface area contributed by atoms with Crippen LogP contribution in [0.5, 0.6) is 0 Å². The van der Waals surface area contributed by atoms with Crippen LogP contribution in [0.1, 0.15) is 42.1 Å². The summed E-state index contributed by atoms with van der Waals surface area (Å²) in [5.74, 6) is 0. The van der Waals surface area contributed by atoms with Crippen molar-refractivity contribution in [3.05, 3.63) is 10.6 Å². The molecular formula is C14H23N3OS. The van der Waals surface area contributed by atoms with Crippen molar-refractivity contribution >= 4 is 22.8 Å². The van der Waals surface area contributed by atoms with Crippen LogP contribution in [0.15, 0.2) is 0 Å². The Morgan fingerprint density at radius 2 is 2.21 bits per heavy atom. The molecule has 0 bridgehead atoms. The van der Waals surface area contributed by atoms with Crippen LogP contribution >= 0.6 is 11.3 Å². The van der Waals surface area contributed by atoms with Gasteiger partial charge in [-0.15, -0.1) is 0 Å². The zero-order valence-corrected chi connectivity index (χ0v) is 12.9. The summed E-state index contributed by atoms with van der Waals surface area (Å²) >= 11 is 1.55. The summed E-state index contributed by atoms with van der Waals surface area (Å²) in [6.45, 7) is 7.54. The molecule has 0 aromatic carbocycles. The van der Waals surface area contributed by atoms with Crippen LogP contribution in [0.3, 0.4) is 0 Å². The Morgan fingerprint density at radius 1 is 1.42 bits per heavy atom. The van der Waals surface area contributed by atoms with Crippen molar-refractivity contribution in [2.24, 2.45) is 0 Å². The number of hydrogen-bond acceptors (Lipinski definition) is 5. The van der Waals surface area contributed by atoms with Crippen LogP contribution in [0, 0.1) is 0 Å². The molecule has 106 valence electrons.